The minimum absolute atomic E-state index is 0.0533. The Morgan fingerprint density at radius 3 is 2.31 bits per heavy atom. The van der Waals surface area contributed by atoms with Crippen molar-refractivity contribution in [3.05, 3.63) is 71.0 Å². The molecule has 0 aliphatic carbocycles. The van der Waals surface area contributed by atoms with Crippen LogP contribution in [0.5, 0.6) is 0 Å². The molecule has 1 aliphatic rings. The lowest BCUT2D eigenvalue weighted by atomic mass is 10.0. The SMILES string of the molecule is CC(=O)NCc1ccc(C(=O)NCC(c2ccc(F)cc2)N2CCOCC2)cc1. The van der Waals surface area contributed by atoms with Gasteiger partial charge in [0.05, 0.1) is 19.3 Å². The zero-order valence-electron chi connectivity index (χ0n) is 16.5. The van der Waals surface area contributed by atoms with Crippen LogP contribution in [0.1, 0.15) is 34.5 Å². The highest BCUT2D eigenvalue weighted by molar-refractivity contribution is 5.94. The maximum Gasteiger partial charge on any atom is 0.251 e. The molecule has 2 amide bonds. The maximum atomic E-state index is 13.3. The summed E-state index contributed by atoms with van der Waals surface area (Å²) in [4.78, 5) is 25.9. The maximum absolute atomic E-state index is 13.3. The number of rotatable bonds is 7. The van der Waals surface area contributed by atoms with Crippen molar-refractivity contribution in [2.75, 3.05) is 32.8 Å². The molecule has 154 valence electrons. The molecule has 6 nitrogen and oxygen atoms in total. The number of amides is 2. The molecule has 3 rings (SSSR count). The number of ether oxygens (including phenoxy) is 1. The van der Waals surface area contributed by atoms with E-state index in [0.29, 0.717) is 31.9 Å². The van der Waals surface area contributed by atoms with Gasteiger partial charge in [0.1, 0.15) is 5.82 Å². The van der Waals surface area contributed by atoms with Crippen molar-refractivity contribution in [2.45, 2.75) is 19.5 Å². The van der Waals surface area contributed by atoms with E-state index < -0.39 is 0 Å². The summed E-state index contributed by atoms with van der Waals surface area (Å²) in [6.45, 7) is 5.11. The fraction of sp³-hybridized carbons (Fsp3) is 0.364. The third-order valence-corrected chi connectivity index (χ3v) is 4.95. The normalized spacial score (nSPS) is 15.5. The number of nitrogens with one attached hydrogen (secondary N) is 2. The van der Waals surface area contributed by atoms with E-state index in [1.807, 2.05) is 12.1 Å². The highest BCUT2D eigenvalue weighted by Crippen LogP contribution is 2.22. The molecular formula is C22H26FN3O3. The van der Waals surface area contributed by atoms with Gasteiger partial charge in [-0.3, -0.25) is 14.5 Å². The Hall–Kier alpha value is -2.77. The molecule has 29 heavy (non-hydrogen) atoms. The molecule has 0 spiro atoms. The van der Waals surface area contributed by atoms with Gasteiger partial charge >= 0.3 is 0 Å². The first-order valence-electron chi connectivity index (χ1n) is 9.72. The van der Waals surface area contributed by atoms with Crippen LogP contribution in [-0.4, -0.2) is 49.6 Å². The second-order valence-electron chi connectivity index (χ2n) is 7.03. The quantitative estimate of drug-likeness (QED) is 0.749. The van der Waals surface area contributed by atoms with Crippen LogP contribution < -0.4 is 10.6 Å². The van der Waals surface area contributed by atoms with E-state index in [1.165, 1.54) is 19.1 Å². The Balaban J connectivity index is 1.64. The average molecular weight is 399 g/mol. The van der Waals surface area contributed by atoms with Gasteiger partial charge in [-0.2, -0.15) is 0 Å². The highest BCUT2D eigenvalue weighted by Gasteiger charge is 2.23. The monoisotopic (exact) mass is 399 g/mol. The van der Waals surface area contributed by atoms with Crippen LogP contribution in [0.15, 0.2) is 48.5 Å². The first kappa shape index (κ1) is 21.0. The van der Waals surface area contributed by atoms with Gasteiger partial charge < -0.3 is 15.4 Å². The molecule has 2 aromatic carbocycles. The molecular weight excluding hydrogens is 373 g/mol. The number of carbonyl (C=O) groups excluding carboxylic acids is 2. The van der Waals surface area contributed by atoms with E-state index in [0.717, 1.165) is 24.2 Å². The molecule has 2 aromatic rings. The van der Waals surface area contributed by atoms with Crippen LogP contribution in [0.2, 0.25) is 0 Å². The van der Waals surface area contributed by atoms with Crippen molar-refractivity contribution < 1.29 is 18.7 Å². The Morgan fingerprint density at radius 1 is 1.03 bits per heavy atom. The van der Waals surface area contributed by atoms with Crippen LogP contribution in [-0.2, 0) is 16.1 Å². The number of benzene rings is 2. The highest BCUT2D eigenvalue weighted by atomic mass is 19.1. The third-order valence-electron chi connectivity index (χ3n) is 4.95. The fourth-order valence-corrected chi connectivity index (χ4v) is 3.32. The van der Waals surface area contributed by atoms with Gasteiger partial charge in [-0.15, -0.1) is 0 Å². The van der Waals surface area contributed by atoms with Crippen LogP contribution in [0, 0.1) is 5.82 Å². The van der Waals surface area contributed by atoms with Crippen LogP contribution in [0.25, 0.3) is 0 Å². The number of halogens is 1. The van der Waals surface area contributed by atoms with E-state index in [2.05, 4.69) is 15.5 Å². The number of hydrogen-bond donors (Lipinski definition) is 2. The lowest BCUT2D eigenvalue weighted by Crippen LogP contribution is -2.43. The van der Waals surface area contributed by atoms with Crippen molar-refractivity contribution in [2.24, 2.45) is 0 Å². The predicted octanol–water partition coefficient (Wildman–Crippen LogP) is 2.27. The number of hydrogen-bond acceptors (Lipinski definition) is 4. The van der Waals surface area contributed by atoms with Crippen LogP contribution in [0.4, 0.5) is 4.39 Å². The summed E-state index contributed by atoms with van der Waals surface area (Å²) < 4.78 is 18.8. The third kappa shape index (κ3) is 6.10. The number of carbonyl (C=O) groups is 2. The van der Waals surface area contributed by atoms with E-state index in [4.69, 9.17) is 4.74 Å². The number of morpholine rings is 1. The average Bonchev–Trinajstić information content (AvgIpc) is 2.74. The first-order chi connectivity index (χ1) is 14.0. The van der Waals surface area contributed by atoms with Crippen LogP contribution >= 0.6 is 0 Å². The molecule has 0 radical (unpaired) electrons. The van der Waals surface area contributed by atoms with Crippen molar-refractivity contribution in [1.29, 1.82) is 0 Å². The minimum Gasteiger partial charge on any atom is -0.379 e. The fourth-order valence-electron chi connectivity index (χ4n) is 3.32. The second-order valence-corrected chi connectivity index (χ2v) is 7.03. The zero-order valence-corrected chi connectivity index (χ0v) is 16.5. The zero-order chi connectivity index (χ0) is 20.6. The molecule has 1 aliphatic heterocycles. The van der Waals surface area contributed by atoms with Crippen molar-refractivity contribution in [1.82, 2.24) is 15.5 Å². The van der Waals surface area contributed by atoms with Gasteiger partial charge in [-0.05, 0) is 35.4 Å². The van der Waals surface area contributed by atoms with Crippen molar-refractivity contribution in [3.63, 3.8) is 0 Å². The van der Waals surface area contributed by atoms with Gasteiger partial charge in [-0.1, -0.05) is 24.3 Å². The van der Waals surface area contributed by atoms with Gasteiger partial charge in [0.2, 0.25) is 5.91 Å². The summed E-state index contributed by atoms with van der Waals surface area (Å²) in [5, 5.41) is 5.72. The molecule has 1 saturated heterocycles. The predicted molar refractivity (Wildman–Crippen MR) is 108 cm³/mol. The largest absolute Gasteiger partial charge is 0.379 e. The van der Waals surface area contributed by atoms with Crippen molar-refractivity contribution >= 4 is 11.8 Å². The molecule has 1 heterocycles. The lowest BCUT2D eigenvalue weighted by Gasteiger charge is -2.35. The Bertz CT molecular complexity index is 818. The molecule has 0 bridgehead atoms. The molecule has 0 aromatic heterocycles. The molecule has 2 N–H and O–H groups in total. The Kier molecular flexibility index (Phi) is 7.32. The van der Waals surface area contributed by atoms with Gasteiger partial charge in [0.15, 0.2) is 0 Å². The van der Waals surface area contributed by atoms with Crippen molar-refractivity contribution in [3.8, 4) is 0 Å². The van der Waals surface area contributed by atoms with E-state index in [9.17, 15) is 14.0 Å². The lowest BCUT2D eigenvalue weighted by molar-refractivity contribution is -0.119. The van der Waals surface area contributed by atoms with E-state index >= 15 is 0 Å². The Labute approximate surface area is 170 Å². The molecule has 0 saturated carbocycles. The summed E-state index contributed by atoms with van der Waals surface area (Å²) in [7, 11) is 0. The molecule has 1 unspecified atom stereocenters. The summed E-state index contributed by atoms with van der Waals surface area (Å²) >= 11 is 0. The van der Waals surface area contributed by atoms with E-state index in [-0.39, 0.29) is 23.7 Å². The van der Waals surface area contributed by atoms with Gasteiger partial charge in [0.25, 0.3) is 5.91 Å². The topological polar surface area (TPSA) is 70.7 Å². The molecule has 1 fully saturated rings. The molecule has 1 atom stereocenters. The van der Waals surface area contributed by atoms with Gasteiger partial charge in [-0.25, -0.2) is 4.39 Å². The summed E-state index contributed by atoms with van der Waals surface area (Å²) in [6.07, 6.45) is 0. The standard InChI is InChI=1S/C22H26FN3O3/c1-16(27)24-14-17-2-4-19(5-3-17)22(28)25-15-21(26-10-12-29-13-11-26)18-6-8-20(23)9-7-18/h2-9,21H,10-15H2,1H3,(H,24,27)(H,25,28). The first-order valence-corrected chi connectivity index (χ1v) is 9.72. The molecule has 7 heteroatoms. The Morgan fingerprint density at radius 2 is 1.69 bits per heavy atom. The second kappa shape index (κ2) is 10.1. The number of nitrogens with zero attached hydrogens (tertiary/aromatic N) is 1. The minimum atomic E-state index is -0.280. The summed E-state index contributed by atoms with van der Waals surface area (Å²) in [6, 6.07) is 13.5. The summed E-state index contributed by atoms with van der Waals surface area (Å²) in [5.74, 6) is -0.545. The van der Waals surface area contributed by atoms with Gasteiger partial charge in [0, 0.05) is 38.7 Å². The summed E-state index contributed by atoms with van der Waals surface area (Å²) in [5.41, 5.74) is 2.44. The van der Waals surface area contributed by atoms with E-state index in [1.54, 1.807) is 24.3 Å². The smallest absolute Gasteiger partial charge is 0.251 e. The van der Waals surface area contributed by atoms with Crippen LogP contribution in [0.3, 0.4) is 0 Å².